The number of amides is 19. The van der Waals surface area contributed by atoms with Gasteiger partial charge in [-0.1, -0.05) is 70.8 Å². The van der Waals surface area contributed by atoms with Gasteiger partial charge in [0.05, 0.1) is 42.9 Å². The number of carbonyl (C=O) groups is 16. The maximum absolute atomic E-state index is 13.1. The van der Waals surface area contributed by atoms with Crippen LogP contribution < -0.4 is 58.9 Å². The number of rotatable bonds is 17. The first-order chi connectivity index (χ1) is 61.1. The molecule has 0 unspecified atom stereocenters. The predicted octanol–water partition coefficient (Wildman–Crippen LogP) is 5.86. The molecule has 0 radical (unpaired) electrons. The molecular weight excluding hydrogens is 1660 g/mol. The van der Waals surface area contributed by atoms with Crippen LogP contribution in [0.15, 0.2) is 164 Å². The van der Waals surface area contributed by atoms with Gasteiger partial charge in [0.15, 0.2) is 50.3 Å². The molecule has 4 atom stereocenters. The number of benzene rings is 4. The average Bonchev–Trinajstić information content (AvgIpc) is 1.60. The van der Waals surface area contributed by atoms with Crippen LogP contribution in [0.25, 0.3) is 44.4 Å². The molecule has 0 bridgehead atoms. The third-order valence-electron chi connectivity index (χ3n) is 23.6. The highest BCUT2D eigenvalue weighted by atomic mass is 16.4. The van der Waals surface area contributed by atoms with Crippen molar-refractivity contribution in [2.24, 2.45) is 5.73 Å². The molecule has 1 aliphatic carbocycles. The van der Waals surface area contributed by atoms with Gasteiger partial charge in [0.1, 0.15) is 45.1 Å². The zero-order chi connectivity index (χ0) is 90.1. The highest BCUT2D eigenvalue weighted by Gasteiger charge is 2.58. The number of hydrogen-bond donors (Lipinski definition) is 11. The number of urea groups is 4. The summed E-state index contributed by atoms with van der Waals surface area (Å²) in [5, 5.41) is 24.9. The monoisotopic (exact) mass is 1730 g/mol. The van der Waals surface area contributed by atoms with Crippen LogP contribution in [-0.2, 0) is 67.5 Å². The highest BCUT2D eigenvalue weighted by Crippen LogP contribution is 2.41. The van der Waals surface area contributed by atoms with Crippen molar-refractivity contribution < 1.29 is 94.4 Å². The minimum Gasteiger partial charge on any atom is -0.456 e. The van der Waals surface area contributed by atoms with Gasteiger partial charge < -0.3 is 74.9 Å². The van der Waals surface area contributed by atoms with E-state index in [2.05, 4.69) is 73.1 Å². The van der Waals surface area contributed by atoms with Crippen LogP contribution >= 0.6 is 0 Å². The molecule has 39 nitrogen and oxygen atoms in total. The fraction of sp³-hybridized carbons (Fsp3) is 0.236. The number of pyridine rings is 4. The topological polar surface area (TPSA) is 537 Å². The van der Waals surface area contributed by atoms with E-state index < -0.39 is 75.8 Å². The number of nitrogens with one attached hydrogen (secondary N) is 10. The zero-order valence-corrected chi connectivity index (χ0v) is 68.8. The van der Waals surface area contributed by atoms with Crippen LogP contribution in [0, 0.1) is 27.7 Å². The van der Waals surface area contributed by atoms with Crippen molar-refractivity contribution in [1.29, 1.82) is 0 Å². The van der Waals surface area contributed by atoms with E-state index in [9.17, 15) is 76.7 Å². The Labute approximate surface area is 722 Å². The van der Waals surface area contributed by atoms with Crippen molar-refractivity contribution in [3.63, 3.8) is 0 Å². The van der Waals surface area contributed by atoms with E-state index in [1.807, 2.05) is 94.4 Å². The van der Waals surface area contributed by atoms with Crippen LogP contribution in [0.3, 0.4) is 0 Å². The molecule has 8 aliphatic heterocycles. The second-order valence-corrected chi connectivity index (χ2v) is 32.7. The number of aryl methyl sites for hydroxylation is 4. The largest absolute Gasteiger partial charge is 0.456 e. The van der Waals surface area contributed by atoms with Crippen LogP contribution in [0.2, 0.25) is 0 Å². The smallest absolute Gasteiger partial charge is 0.322 e. The Morgan fingerprint density at radius 1 is 0.383 bits per heavy atom. The Morgan fingerprint density at radius 3 is 0.906 bits per heavy atom. The van der Waals surface area contributed by atoms with Crippen molar-refractivity contribution in [2.75, 3.05) is 33.2 Å². The number of nitrogens with zero attached hydrogens (tertiary/aromatic N) is 8. The Hall–Kier alpha value is -16.6. The second kappa shape index (κ2) is 31.0. The van der Waals surface area contributed by atoms with Crippen molar-refractivity contribution in [3.8, 4) is 0 Å². The average molecular weight is 1730 g/mol. The minimum absolute atomic E-state index is 0.0971. The van der Waals surface area contributed by atoms with Gasteiger partial charge in [-0.05, 0) is 118 Å². The van der Waals surface area contributed by atoms with Crippen LogP contribution in [0.4, 0.5) is 19.2 Å². The summed E-state index contributed by atoms with van der Waals surface area (Å²) in [4.78, 5) is 223. The van der Waals surface area contributed by atoms with Gasteiger partial charge in [-0.2, -0.15) is 0 Å². The van der Waals surface area contributed by atoms with Crippen molar-refractivity contribution in [2.45, 2.75) is 102 Å². The van der Waals surface area contributed by atoms with Gasteiger partial charge in [-0.15, -0.1) is 0 Å². The van der Waals surface area contributed by atoms with Gasteiger partial charge in [0.25, 0.3) is 59.1 Å². The molecule has 128 heavy (non-hydrogen) atoms. The maximum atomic E-state index is 13.1. The summed E-state index contributed by atoms with van der Waals surface area (Å²) >= 11 is 0. The maximum Gasteiger partial charge on any atom is 0.322 e. The lowest BCUT2D eigenvalue weighted by Gasteiger charge is -2.28. The third kappa shape index (κ3) is 14.6. The summed E-state index contributed by atoms with van der Waals surface area (Å²) in [7, 11) is 1.50. The summed E-state index contributed by atoms with van der Waals surface area (Å²) in [5.74, 6) is -4.37. The van der Waals surface area contributed by atoms with E-state index in [4.69, 9.17) is 23.4 Å². The van der Waals surface area contributed by atoms with E-state index in [0.29, 0.717) is 92.8 Å². The van der Waals surface area contributed by atoms with E-state index in [1.54, 1.807) is 24.3 Å². The van der Waals surface area contributed by atoms with E-state index in [0.717, 1.165) is 57.3 Å². The number of fused-ring (bicyclic) bond motifs is 8. The molecule has 16 heterocycles. The lowest BCUT2D eigenvalue weighted by atomic mass is 9.95. The first kappa shape index (κ1) is 82.3. The number of ketones is 1. The van der Waals surface area contributed by atoms with Gasteiger partial charge in [0.2, 0.25) is 5.91 Å². The fourth-order valence-corrected chi connectivity index (χ4v) is 16.7. The number of hydrogen-bond acceptors (Lipinski definition) is 24. The number of primary amides is 1. The van der Waals surface area contributed by atoms with Gasteiger partial charge in [-0.3, -0.25) is 98.7 Å². The fourth-order valence-electron chi connectivity index (χ4n) is 16.7. The summed E-state index contributed by atoms with van der Waals surface area (Å²) < 4.78 is 23.6. The Kier molecular flexibility index (Phi) is 19.9. The standard InChI is InChI=1S/C24H21N5O5.C22H19N5O5.C22H18N4O5.C21H17N5O5/c1-12-2-3-13-10-29(21(31)16(13)6-12)11-24(22(32)27-23(33)28-24)19-8-17-18(34-19)7-14(9-25-17)20(30)26-15-4-5-15;1-11-3-4-12-9-27(19(29)14(12)5-11)10-22(20(30)25-21(31)26-22)17-7-15-16(32-17)6-13(8-24-15)18(28)23-2;1-11-3-4-13-9-26(19(28)15(13)5-11)10-22(20(29)24-21(30)25-22)18-7-16-17(31-18)6-14(8-23-16)12(2)27;1-10-2-3-11-8-26(18(28)13(11)4-10)9-21(19(29)24-20(30)25-21)16-6-14-15(31-16)5-12(7-23-14)17(22)27/h2-3,6-9,15H,4-5,10-11H2,1H3,(H,26,30)(H2,27,28,32,33);3-8H,9-10H2,1-2H3,(H,23,28)(H2,25,26,30,31);3-8H,9-10H2,1-2H3,(H2,24,25,29,30);2-7H,8-9H2,1H3,(H2,22,27)(H2,24,25,29,30)/t24-;2*22-;21-/m0000/s1. The summed E-state index contributed by atoms with van der Waals surface area (Å²) in [5.41, 5.74) is 12.2. The Bertz CT molecular complexity index is 6800. The third-order valence-corrected chi connectivity index (χ3v) is 23.6. The van der Waals surface area contributed by atoms with Crippen LogP contribution in [-0.4, -0.2) is 174 Å². The molecule has 39 heteroatoms. The Balaban J connectivity index is 0.000000115. The summed E-state index contributed by atoms with van der Waals surface area (Å²) in [6, 6.07) is 32.1. The Morgan fingerprint density at radius 2 is 0.648 bits per heavy atom. The number of aromatic nitrogens is 4. The molecule has 4 aromatic carbocycles. The lowest BCUT2D eigenvalue weighted by Crippen LogP contribution is -2.52. The number of Topliss-reactive ketones (excluding diaryl/α,β-unsaturated/α-hetero) is 1. The second-order valence-electron chi connectivity index (χ2n) is 32.7. The van der Waals surface area contributed by atoms with E-state index >= 15 is 0 Å². The van der Waals surface area contributed by atoms with E-state index in [1.165, 1.54) is 88.7 Å². The SMILES string of the molecule is CC(=O)c1cnc2cc([C@]3(CN4Cc5ccc(C)cc5C4=O)NC(=O)NC3=O)oc2c1.CNC(=O)c1cnc2cc([C@]3(CN4Cc5ccc(C)cc5C4=O)NC(=O)NC3=O)oc2c1.Cc1ccc2c(c1)C(=O)N(C[C@@]1(c3cc4ncc(C(=O)NC5CC5)cc4o3)NC(=O)NC1=O)C2.Cc1ccc2c(c1)C(=O)N(C[C@@]1(c3cc4ncc(C(N)=O)cc4o3)NC(=O)NC1=O)C2. The van der Waals surface area contributed by atoms with Crippen molar-refractivity contribution in [1.82, 2.24) is 92.7 Å². The summed E-state index contributed by atoms with van der Waals surface area (Å²) in [6.45, 7) is 9.74. The van der Waals surface area contributed by atoms with Crippen LogP contribution in [0.1, 0.15) is 170 Å². The number of furan rings is 4. The van der Waals surface area contributed by atoms with Crippen molar-refractivity contribution in [3.05, 3.63) is 258 Å². The van der Waals surface area contributed by atoms with Crippen LogP contribution in [0.5, 0.6) is 0 Å². The normalized spacial score (nSPS) is 20.5. The molecule has 9 aliphatic rings. The minimum atomic E-state index is -1.64. The highest BCUT2D eigenvalue weighted by molar-refractivity contribution is 6.13. The molecule has 12 aromatic rings. The zero-order valence-electron chi connectivity index (χ0n) is 68.8. The molecule has 1 saturated carbocycles. The van der Waals surface area contributed by atoms with E-state index in [-0.39, 0.29) is 119 Å². The number of imide groups is 4. The molecule has 8 aromatic heterocycles. The lowest BCUT2D eigenvalue weighted by molar-refractivity contribution is -0.126. The molecule has 12 N–H and O–H groups in total. The first-order valence-corrected chi connectivity index (χ1v) is 40.2. The van der Waals surface area contributed by atoms with Crippen molar-refractivity contribution >= 4 is 139 Å². The molecular formula is C89H75N19O20. The molecule has 21 rings (SSSR count). The number of carbonyl (C=O) groups excluding carboxylic acids is 16. The van der Waals surface area contributed by atoms with Gasteiger partial charge in [0, 0.05) is 116 Å². The molecule has 646 valence electrons. The summed E-state index contributed by atoms with van der Waals surface area (Å²) in [6.07, 6.45) is 7.48. The molecule has 19 amide bonds. The predicted molar refractivity (Wildman–Crippen MR) is 446 cm³/mol. The van der Waals surface area contributed by atoms with Gasteiger partial charge >= 0.3 is 24.1 Å². The molecule has 0 spiro atoms. The van der Waals surface area contributed by atoms with Gasteiger partial charge in [-0.25, -0.2) is 19.2 Å². The first-order valence-electron chi connectivity index (χ1n) is 40.2. The number of nitrogens with two attached hydrogens (primary N) is 1. The molecule has 4 saturated heterocycles. The molecule has 5 fully saturated rings. The quantitative estimate of drug-likeness (QED) is 0.0375.